The molecule has 0 atom stereocenters. The second kappa shape index (κ2) is 9.32. The van der Waals surface area contributed by atoms with E-state index >= 15 is 0 Å². The summed E-state index contributed by atoms with van der Waals surface area (Å²) in [7, 11) is 3.13. The number of carbonyl (C=O) groups is 1. The third kappa shape index (κ3) is 4.45. The van der Waals surface area contributed by atoms with Gasteiger partial charge in [0.25, 0.3) is 0 Å². The quantitative estimate of drug-likeness (QED) is 0.558. The standard InChI is InChI=1S/C22H27N3O3S2/c1-27-16-6-3-5-15(13-16)14-24-9-11-25(12-10-24)22(29)23-20-19(21(26)28-2)17-7-4-8-18(17)30-20/h3,5-6,13H,4,7-12,14H2,1-2H3,(H,23,29). The first kappa shape index (κ1) is 21.1. The zero-order chi connectivity index (χ0) is 21.1. The van der Waals surface area contributed by atoms with E-state index in [1.54, 1.807) is 18.4 Å². The molecule has 0 amide bonds. The van der Waals surface area contributed by atoms with E-state index in [1.807, 2.05) is 12.1 Å². The van der Waals surface area contributed by atoms with Gasteiger partial charge >= 0.3 is 5.97 Å². The molecule has 0 saturated carbocycles. The maximum absolute atomic E-state index is 12.3. The number of thiophene rings is 1. The van der Waals surface area contributed by atoms with Gasteiger partial charge in [-0.1, -0.05) is 12.1 Å². The Kier molecular flexibility index (Phi) is 6.55. The fraction of sp³-hybridized carbons (Fsp3) is 0.455. The van der Waals surface area contributed by atoms with Crippen molar-refractivity contribution in [3.63, 3.8) is 0 Å². The molecule has 0 radical (unpaired) electrons. The molecule has 8 heteroatoms. The summed E-state index contributed by atoms with van der Waals surface area (Å²) in [4.78, 5) is 18.2. The van der Waals surface area contributed by atoms with Crippen LogP contribution in [0.5, 0.6) is 5.75 Å². The second-order valence-electron chi connectivity index (χ2n) is 7.60. The normalized spacial score (nSPS) is 16.3. The van der Waals surface area contributed by atoms with Gasteiger partial charge in [0.1, 0.15) is 10.8 Å². The number of carbonyl (C=O) groups excluding carboxylic acids is 1. The summed E-state index contributed by atoms with van der Waals surface area (Å²) in [5.74, 6) is 0.614. The number of hydrogen-bond donors (Lipinski definition) is 1. The average Bonchev–Trinajstić information content (AvgIpc) is 3.34. The summed E-state index contributed by atoms with van der Waals surface area (Å²) in [5.41, 5.74) is 3.06. The van der Waals surface area contributed by atoms with E-state index in [2.05, 4.69) is 27.2 Å². The maximum Gasteiger partial charge on any atom is 0.341 e. The van der Waals surface area contributed by atoms with Gasteiger partial charge in [-0.2, -0.15) is 0 Å². The van der Waals surface area contributed by atoms with E-state index in [9.17, 15) is 4.79 Å². The molecule has 1 N–H and O–H groups in total. The number of hydrogen-bond acceptors (Lipinski definition) is 6. The van der Waals surface area contributed by atoms with Crippen LogP contribution in [-0.2, 0) is 24.1 Å². The van der Waals surface area contributed by atoms with Crippen molar-refractivity contribution in [2.45, 2.75) is 25.8 Å². The number of benzene rings is 1. The van der Waals surface area contributed by atoms with Gasteiger partial charge < -0.3 is 19.7 Å². The topological polar surface area (TPSA) is 54.0 Å². The first-order valence-electron chi connectivity index (χ1n) is 10.2. The Morgan fingerprint density at radius 2 is 2.00 bits per heavy atom. The molecule has 1 fully saturated rings. The molecular formula is C22H27N3O3S2. The number of piperazine rings is 1. The molecule has 6 nitrogen and oxygen atoms in total. The fourth-order valence-electron chi connectivity index (χ4n) is 4.12. The number of esters is 1. The molecular weight excluding hydrogens is 418 g/mol. The summed E-state index contributed by atoms with van der Waals surface area (Å²) in [6, 6.07) is 8.21. The van der Waals surface area contributed by atoms with Crippen molar-refractivity contribution in [3.8, 4) is 5.75 Å². The van der Waals surface area contributed by atoms with Gasteiger partial charge in [0.15, 0.2) is 5.11 Å². The summed E-state index contributed by atoms with van der Waals surface area (Å²) in [6.07, 6.45) is 3.07. The molecule has 30 heavy (non-hydrogen) atoms. The van der Waals surface area contributed by atoms with Crippen LogP contribution in [0.3, 0.4) is 0 Å². The third-order valence-corrected chi connectivity index (χ3v) is 7.30. The zero-order valence-electron chi connectivity index (χ0n) is 17.4. The zero-order valence-corrected chi connectivity index (χ0v) is 19.0. The minimum Gasteiger partial charge on any atom is -0.497 e. The number of methoxy groups -OCH3 is 2. The van der Waals surface area contributed by atoms with Crippen molar-refractivity contribution in [2.75, 3.05) is 45.7 Å². The highest BCUT2D eigenvalue weighted by molar-refractivity contribution is 7.80. The number of thiocarbonyl (C=S) groups is 1. The van der Waals surface area contributed by atoms with E-state index in [1.165, 1.54) is 17.6 Å². The molecule has 0 spiro atoms. The van der Waals surface area contributed by atoms with Crippen LogP contribution in [0.25, 0.3) is 0 Å². The number of ether oxygens (including phenoxy) is 2. The monoisotopic (exact) mass is 445 g/mol. The predicted molar refractivity (Wildman–Crippen MR) is 124 cm³/mol. The minimum atomic E-state index is -0.275. The van der Waals surface area contributed by atoms with E-state index in [-0.39, 0.29) is 5.97 Å². The Morgan fingerprint density at radius 1 is 1.20 bits per heavy atom. The number of fused-ring (bicyclic) bond motifs is 1. The van der Waals surface area contributed by atoms with Crippen molar-refractivity contribution in [1.29, 1.82) is 0 Å². The van der Waals surface area contributed by atoms with Gasteiger partial charge in [0.05, 0.1) is 19.8 Å². The van der Waals surface area contributed by atoms with Crippen LogP contribution in [0.4, 0.5) is 5.00 Å². The largest absolute Gasteiger partial charge is 0.497 e. The highest BCUT2D eigenvalue weighted by Crippen LogP contribution is 2.39. The Morgan fingerprint density at radius 3 is 2.73 bits per heavy atom. The van der Waals surface area contributed by atoms with Crippen LogP contribution in [0.1, 0.15) is 32.8 Å². The number of nitrogens with zero attached hydrogens (tertiary/aromatic N) is 2. The SMILES string of the molecule is COC(=O)c1c(NC(=S)N2CCN(Cc3cccc(OC)c3)CC2)sc2c1CCC2. The van der Waals surface area contributed by atoms with Gasteiger partial charge in [0, 0.05) is 37.6 Å². The second-order valence-corrected chi connectivity index (χ2v) is 9.09. The summed E-state index contributed by atoms with van der Waals surface area (Å²) < 4.78 is 10.4. The number of rotatable bonds is 5. The number of anilines is 1. The van der Waals surface area contributed by atoms with Crippen LogP contribution in [0.15, 0.2) is 24.3 Å². The van der Waals surface area contributed by atoms with Crippen molar-refractivity contribution in [1.82, 2.24) is 9.80 Å². The fourth-order valence-corrected chi connectivity index (χ4v) is 5.75. The molecule has 0 bridgehead atoms. The molecule has 4 rings (SSSR count). The lowest BCUT2D eigenvalue weighted by molar-refractivity contribution is 0.0601. The van der Waals surface area contributed by atoms with Crippen LogP contribution in [-0.4, -0.2) is 61.3 Å². The maximum atomic E-state index is 12.3. The van der Waals surface area contributed by atoms with Gasteiger partial charge in [0.2, 0.25) is 0 Å². The molecule has 1 saturated heterocycles. The predicted octanol–water partition coefficient (Wildman–Crippen LogP) is 3.55. The Labute approximate surface area is 186 Å². The number of nitrogens with one attached hydrogen (secondary N) is 1. The van der Waals surface area contributed by atoms with Crippen LogP contribution < -0.4 is 10.1 Å². The average molecular weight is 446 g/mol. The van der Waals surface area contributed by atoms with E-state index in [0.29, 0.717) is 10.7 Å². The summed E-state index contributed by atoms with van der Waals surface area (Å²) >= 11 is 7.32. The van der Waals surface area contributed by atoms with Crippen LogP contribution in [0.2, 0.25) is 0 Å². The van der Waals surface area contributed by atoms with Gasteiger partial charge in [-0.15, -0.1) is 11.3 Å². The lowest BCUT2D eigenvalue weighted by Crippen LogP contribution is -2.49. The highest BCUT2D eigenvalue weighted by atomic mass is 32.1. The molecule has 2 aromatic rings. The van der Waals surface area contributed by atoms with Gasteiger partial charge in [-0.3, -0.25) is 4.90 Å². The molecule has 0 unspecified atom stereocenters. The van der Waals surface area contributed by atoms with Crippen molar-refractivity contribution in [3.05, 3.63) is 45.8 Å². The molecule has 2 heterocycles. The smallest absolute Gasteiger partial charge is 0.341 e. The third-order valence-electron chi connectivity index (χ3n) is 5.73. The summed E-state index contributed by atoms with van der Waals surface area (Å²) in [6.45, 7) is 4.48. The van der Waals surface area contributed by atoms with Crippen molar-refractivity contribution < 1.29 is 14.3 Å². The van der Waals surface area contributed by atoms with E-state index in [0.717, 1.165) is 68.3 Å². The van der Waals surface area contributed by atoms with E-state index < -0.39 is 0 Å². The lowest BCUT2D eigenvalue weighted by atomic mass is 10.1. The first-order valence-corrected chi connectivity index (χ1v) is 11.5. The molecule has 1 aliphatic carbocycles. The van der Waals surface area contributed by atoms with Gasteiger partial charge in [-0.05, 0) is 54.7 Å². The number of aryl methyl sites for hydroxylation is 1. The Bertz CT molecular complexity index is 936. The Balaban J connectivity index is 1.35. The Hall–Kier alpha value is -2.16. The van der Waals surface area contributed by atoms with Gasteiger partial charge in [-0.25, -0.2) is 4.79 Å². The molecule has 160 valence electrons. The first-order chi connectivity index (χ1) is 14.6. The van der Waals surface area contributed by atoms with Crippen LogP contribution >= 0.6 is 23.6 Å². The lowest BCUT2D eigenvalue weighted by Gasteiger charge is -2.36. The summed E-state index contributed by atoms with van der Waals surface area (Å²) in [5, 5.41) is 4.86. The van der Waals surface area contributed by atoms with Crippen LogP contribution in [0, 0.1) is 0 Å². The van der Waals surface area contributed by atoms with E-state index in [4.69, 9.17) is 21.7 Å². The molecule has 1 aromatic heterocycles. The van der Waals surface area contributed by atoms with Crippen molar-refractivity contribution >= 4 is 39.6 Å². The molecule has 1 aliphatic heterocycles. The minimum absolute atomic E-state index is 0.275. The molecule has 2 aliphatic rings. The molecule has 1 aromatic carbocycles. The van der Waals surface area contributed by atoms with Crippen molar-refractivity contribution in [2.24, 2.45) is 0 Å². The highest BCUT2D eigenvalue weighted by Gasteiger charge is 2.28.